The van der Waals surface area contributed by atoms with Gasteiger partial charge in [-0.1, -0.05) is 43.5 Å². The number of carbonyl (C=O) groups is 2. The van der Waals surface area contributed by atoms with Gasteiger partial charge in [0.05, 0.1) is 4.90 Å². The zero-order valence-electron chi connectivity index (χ0n) is 31.9. The molecule has 11 heteroatoms. The summed E-state index contributed by atoms with van der Waals surface area (Å²) in [6.45, 7) is 14.4. The summed E-state index contributed by atoms with van der Waals surface area (Å²) in [5, 5.41) is 1.63. The van der Waals surface area contributed by atoms with E-state index in [0.29, 0.717) is 69.3 Å². The van der Waals surface area contributed by atoms with Crippen LogP contribution in [0.1, 0.15) is 99.3 Å². The fourth-order valence-corrected chi connectivity index (χ4v) is 8.79. The highest BCUT2D eigenvalue weighted by Gasteiger charge is 2.33. The Morgan fingerprint density at radius 3 is 1.70 bits per heavy atom. The van der Waals surface area contributed by atoms with Crippen molar-refractivity contribution in [3.8, 4) is 0 Å². The summed E-state index contributed by atoms with van der Waals surface area (Å²) >= 11 is 0. The summed E-state index contributed by atoms with van der Waals surface area (Å²) in [7, 11) is 0.202. The zero-order chi connectivity index (χ0) is 36.7. The minimum atomic E-state index is -3.71. The number of unbranched alkanes of at least 4 members (excludes halogenated alkanes) is 1. The third-order valence-corrected chi connectivity index (χ3v) is 11.6. The number of carbonyl (C=O) groups excluding carboxylic acids is 2. The van der Waals surface area contributed by atoms with E-state index in [1.807, 2.05) is 95.8 Å². The molecule has 10 nitrogen and oxygen atoms in total. The van der Waals surface area contributed by atoms with E-state index in [1.165, 1.54) is 19.3 Å². The summed E-state index contributed by atoms with van der Waals surface area (Å²) in [6.07, 6.45) is 8.11. The molecule has 2 aliphatic rings. The van der Waals surface area contributed by atoms with Gasteiger partial charge in [-0.05, 0) is 104 Å². The third-order valence-electron chi connectivity index (χ3n) is 9.62. The smallest absolute Gasteiger partial charge is 0.410 e. The fourth-order valence-electron chi connectivity index (χ4n) is 7.12. The van der Waals surface area contributed by atoms with E-state index in [2.05, 4.69) is 0 Å². The molecule has 1 saturated heterocycles. The van der Waals surface area contributed by atoms with Gasteiger partial charge in [0.1, 0.15) is 11.2 Å². The molecule has 2 fully saturated rings. The summed E-state index contributed by atoms with van der Waals surface area (Å²) in [5.41, 5.74) is -0.220. The maximum Gasteiger partial charge on any atom is 0.410 e. The first-order valence-corrected chi connectivity index (χ1v) is 20.0. The van der Waals surface area contributed by atoms with Crippen LogP contribution < -0.4 is 4.90 Å². The molecule has 0 unspecified atom stereocenters. The Bertz CT molecular complexity index is 1530. The molecule has 2 amide bonds. The van der Waals surface area contributed by atoms with Gasteiger partial charge in [-0.25, -0.2) is 18.0 Å². The van der Waals surface area contributed by atoms with Crippen LogP contribution in [0.25, 0.3) is 10.8 Å². The Morgan fingerprint density at radius 2 is 1.20 bits per heavy atom. The fraction of sp³-hybridized carbons (Fsp3) is 0.692. The molecule has 2 aromatic carbocycles. The molecule has 0 bridgehead atoms. The Morgan fingerprint density at radius 1 is 0.720 bits per heavy atom. The number of benzene rings is 2. The second-order valence-electron chi connectivity index (χ2n) is 16.4. The molecule has 1 saturated carbocycles. The average molecular weight is 715 g/mol. The van der Waals surface area contributed by atoms with E-state index >= 15 is 0 Å². The quantitative estimate of drug-likeness (QED) is 0.205. The van der Waals surface area contributed by atoms with Crippen molar-refractivity contribution in [2.45, 2.75) is 115 Å². The molecule has 280 valence electrons. The lowest BCUT2D eigenvalue weighted by molar-refractivity contribution is 0.0163. The lowest BCUT2D eigenvalue weighted by Gasteiger charge is -2.35. The van der Waals surface area contributed by atoms with Crippen molar-refractivity contribution >= 4 is 38.7 Å². The van der Waals surface area contributed by atoms with Crippen LogP contribution in [0.15, 0.2) is 41.3 Å². The number of amides is 2. The average Bonchev–Trinajstić information content (AvgIpc) is 3.04. The second kappa shape index (κ2) is 17.0. The molecule has 1 aliphatic heterocycles. The second-order valence-corrected chi connectivity index (χ2v) is 18.3. The molecule has 2 aromatic rings. The van der Waals surface area contributed by atoms with Crippen LogP contribution in [0.4, 0.5) is 15.3 Å². The van der Waals surface area contributed by atoms with Crippen LogP contribution >= 0.6 is 0 Å². The minimum Gasteiger partial charge on any atom is -0.444 e. The van der Waals surface area contributed by atoms with Crippen molar-refractivity contribution in [2.24, 2.45) is 11.8 Å². The van der Waals surface area contributed by atoms with Gasteiger partial charge < -0.3 is 24.2 Å². The van der Waals surface area contributed by atoms with E-state index in [1.54, 1.807) is 15.3 Å². The molecule has 0 radical (unpaired) electrons. The molecule has 0 aromatic heterocycles. The van der Waals surface area contributed by atoms with Crippen LogP contribution in [0.5, 0.6) is 0 Å². The lowest BCUT2D eigenvalue weighted by Crippen LogP contribution is -2.44. The van der Waals surface area contributed by atoms with Gasteiger partial charge in [0.25, 0.3) is 0 Å². The van der Waals surface area contributed by atoms with E-state index < -0.39 is 21.2 Å². The Hall–Kier alpha value is -3.05. The highest BCUT2D eigenvalue weighted by Crippen LogP contribution is 2.33. The highest BCUT2D eigenvalue weighted by atomic mass is 32.2. The number of rotatable bonds is 12. The number of sulfonamides is 1. The minimum absolute atomic E-state index is 0.145. The van der Waals surface area contributed by atoms with Gasteiger partial charge in [0.2, 0.25) is 10.0 Å². The van der Waals surface area contributed by atoms with Crippen molar-refractivity contribution in [1.82, 2.24) is 14.1 Å². The normalized spacial score (nSPS) is 17.0. The molecular formula is C39H62N4O6S. The Balaban J connectivity index is 1.38. The van der Waals surface area contributed by atoms with Gasteiger partial charge in [-0.15, -0.1) is 0 Å². The number of anilines is 1. The van der Waals surface area contributed by atoms with Crippen LogP contribution in [0, 0.1) is 11.8 Å². The molecule has 0 spiro atoms. The largest absolute Gasteiger partial charge is 0.444 e. The number of ether oxygens (including phenoxy) is 2. The first-order valence-electron chi connectivity index (χ1n) is 18.6. The Kier molecular flexibility index (Phi) is 13.5. The lowest BCUT2D eigenvalue weighted by atomic mass is 9.89. The number of hydrogen-bond acceptors (Lipinski definition) is 7. The van der Waals surface area contributed by atoms with Crippen molar-refractivity contribution in [3.05, 3.63) is 36.4 Å². The highest BCUT2D eigenvalue weighted by molar-refractivity contribution is 7.89. The van der Waals surface area contributed by atoms with Crippen molar-refractivity contribution < 1.29 is 27.5 Å². The molecule has 0 atom stereocenters. The maximum atomic E-state index is 13.9. The monoisotopic (exact) mass is 714 g/mol. The third kappa shape index (κ3) is 11.2. The van der Waals surface area contributed by atoms with Crippen LogP contribution in [0.3, 0.4) is 0 Å². The molecular weight excluding hydrogens is 653 g/mol. The van der Waals surface area contributed by atoms with E-state index in [0.717, 1.165) is 35.7 Å². The van der Waals surface area contributed by atoms with E-state index in [4.69, 9.17) is 9.47 Å². The SMILES string of the molecule is CN(C)c1cccc2c(S(=O)(=O)N3CCC(CN(CCCCN(CC4CCCCC4)C(=O)OC(C)(C)C)C(=O)OC(C)(C)C)CC3)cccc12. The van der Waals surface area contributed by atoms with Crippen LogP contribution in [-0.2, 0) is 19.5 Å². The standard InChI is InChI=1S/C39H62N4O6S/c1-38(2,3)48-36(44)41(28-30-16-10-9-11-17-30)24-12-13-25-42(37(45)49-39(4,5)6)29-31-22-26-43(27-23-31)50(46,47)35-21-15-18-32-33(35)19-14-20-34(32)40(7)8/h14-15,18-21,30-31H,9-13,16-17,22-29H2,1-8H3. The van der Waals surface area contributed by atoms with Gasteiger partial charge in [0.15, 0.2) is 0 Å². The molecule has 0 N–H and O–H groups in total. The Labute approximate surface area is 301 Å². The molecule has 4 rings (SSSR count). The number of nitrogens with zero attached hydrogens (tertiary/aromatic N) is 4. The summed E-state index contributed by atoms with van der Waals surface area (Å²) in [5.74, 6) is 0.645. The first-order chi connectivity index (χ1) is 23.4. The van der Waals surface area contributed by atoms with Gasteiger partial charge >= 0.3 is 12.2 Å². The number of fused-ring (bicyclic) bond motifs is 1. The van der Waals surface area contributed by atoms with Gasteiger partial charge in [0, 0.05) is 69.8 Å². The summed E-state index contributed by atoms with van der Waals surface area (Å²) in [6, 6.07) is 11.3. The number of hydrogen-bond donors (Lipinski definition) is 0. The summed E-state index contributed by atoms with van der Waals surface area (Å²) in [4.78, 5) is 32.5. The predicted molar refractivity (Wildman–Crippen MR) is 201 cm³/mol. The van der Waals surface area contributed by atoms with Crippen LogP contribution in [-0.4, -0.2) is 99.3 Å². The summed E-state index contributed by atoms with van der Waals surface area (Å²) < 4.78 is 41.1. The van der Waals surface area contributed by atoms with Crippen molar-refractivity contribution in [2.75, 3.05) is 58.3 Å². The molecule has 1 heterocycles. The van der Waals surface area contributed by atoms with E-state index in [9.17, 15) is 18.0 Å². The van der Waals surface area contributed by atoms with Crippen LogP contribution in [0.2, 0.25) is 0 Å². The van der Waals surface area contributed by atoms with Crippen molar-refractivity contribution in [1.29, 1.82) is 0 Å². The predicted octanol–water partition coefficient (Wildman–Crippen LogP) is 8.14. The molecule has 50 heavy (non-hydrogen) atoms. The molecule has 1 aliphatic carbocycles. The maximum absolute atomic E-state index is 13.9. The van der Waals surface area contributed by atoms with E-state index in [-0.39, 0.29) is 18.1 Å². The van der Waals surface area contributed by atoms with Crippen molar-refractivity contribution in [3.63, 3.8) is 0 Å². The first kappa shape index (κ1) is 39.7. The van der Waals surface area contributed by atoms with Gasteiger partial charge in [-0.3, -0.25) is 0 Å². The van der Waals surface area contributed by atoms with Gasteiger partial charge in [-0.2, -0.15) is 4.31 Å². The topological polar surface area (TPSA) is 99.7 Å². The zero-order valence-corrected chi connectivity index (χ0v) is 32.7. The number of piperidine rings is 1.